The van der Waals surface area contributed by atoms with Crippen LogP contribution in [-0.2, 0) is 6.54 Å². The Morgan fingerprint density at radius 2 is 2.05 bits per heavy atom. The first-order chi connectivity index (χ1) is 10.1. The van der Waals surface area contributed by atoms with Crippen molar-refractivity contribution in [3.63, 3.8) is 0 Å². The van der Waals surface area contributed by atoms with Gasteiger partial charge in [0.25, 0.3) is 5.69 Å². The van der Waals surface area contributed by atoms with Crippen molar-refractivity contribution in [3.05, 3.63) is 38.9 Å². The number of nitrogens with zero attached hydrogens (tertiary/aromatic N) is 1. The summed E-state index contributed by atoms with van der Waals surface area (Å²) in [5, 5.41) is 24.2. The van der Waals surface area contributed by atoms with Crippen molar-refractivity contribution in [2.75, 3.05) is 13.2 Å². The van der Waals surface area contributed by atoms with Crippen molar-refractivity contribution in [3.8, 4) is 0 Å². The third-order valence-corrected chi connectivity index (χ3v) is 4.50. The molecule has 0 amide bonds. The van der Waals surface area contributed by atoms with Crippen LogP contribution in [0.25, 0.3) is 0 Å². The molecule has 0 aliphatic heterocycles. The molecule has 2 N–H and O–H groups in total. The minimum absolute atomic E-state index is 0.0919. The van der Waals surface area contributed by atoms with E-state index in [1.807, 2.05) is 0 Å². The van der Waals surface area contributed by atoms with Gasteiger partial charge in [-0.2, -0.15) is 0 Å². The van der Waals surface area contributed by atoms with Gasteiger partial charge in [0.2, 0.25) is 0 Å². The zero-order valence-corrected chi connectivity index (χ0v) is 12.7. The molecule has 1 aliphatic carbocycles. The van der Waals surface area contributed by atoms with Gasteiger partial charge in [0, 0.05) is 29.8 Å². The highest BCUT2D eigenvalue weighted by Crippen LogP contribution is 2.29. The number of halogens is 1. The highest BCUT2D eigenvalue weighted by Gasteiger charge is 2.24. The molecule has 116 valence electrons. The normalized spacial score (nSPS) is 22.2. The lowest BCUT2D eigenvalue weighted by Gasteiger charge is -2.30. The molecular formula is C15H21ClN2O3. The Hall–Kier alpha value is -1.17. The largest absolute Gasteiger partial charge is 0.396 e. The first-order valence-corrected chi connectivity index (χ1v) is 7.74. The summed E-state index contributed by atoms with van der Waals surface area (Å²) in [6.45, 7) is 1.42. The highest BCUT2D eigenvalue weighted by molar-refractivity contribution is 6.30. The van der Waals surface area contributed by atoms with Crippen molar-refractivity contribution >= 4 is 17.3 Å². The number of hydrogen-bond donors (Lipinski definition) is 2. The molecule has 1 aliphatic rings. The van der Waals surface area contributed by atoms with E-state index in [4.69, 9.17) is 11.6 Å². The molecule has 0 aromatic heterocycles. The van der Waals surface area contributed by atoms with Crippen LogP contribution in [0.4, 0.5) is 5.69 Å². The Kier molecular flexibility index (Phi) is 5.96. The van der Waals surface area contributed by atoms with Gasteiger partial charge in [-0.15, -0.1) is 0 Å². The van der Waals surface area contributed by atoms with E-state index in [1.165, 1.54) is 25.0 Å². The van der Waals surface area contributed by atoms with Crippen LogP contribution in [0.5, 0.6) is 0 Å². The first kappa shape index (κ1) is 16.2. The lowest BCUT2D eigenvalue weighted by molar-refractivity contribution is -0.385. The van der Waals surface area contributed by atoms with E-state index in [1.54, 1.807) is 6.07 Å². The van der Waals surface area contributed by atoms with Crippen molar-refractivity contribution < 1.29 is 10.0 Å². The second-order valence-electron chi connectivity index (χ2n) is 5.65. The Balaban J connectivity index is 1.93. The molecule has 6 heteroatoms. The molecule has 0 heterocycles. The van der Waals surface area contributed by atoms with Gasteiger partial charge in [-0.25, -0.2) is 0 Å². The first-order valence-electron chi connectivity index (χ1n) is 7.36. The van der Waals surface area contributed by atoms with Gasteiger partial charge in [-0.3, -0.25) is 10.1 Å². The number of benzene rings is 1. The van der Waals surface area contributed by atoms with E-state index < -0.39 is 0 Å². The molecule has 1 aromatic carbocycles. The van der Waals surface area contributed by atoms with Crippen LogP contribution in [0.1, 0.15) is 31.2 Å². The number of nitro groups is 1. The number of aliphatic hydroxyl groups is 1. The van der Waals surface area contributed by atoms with E-state index in [0.717, 1.165) is 19.4 Å². The fourth-order valence-corrected chi connectivity index (χ4v) is 3.25. The van der Waals surface area contributed by atoms with Crippen LogP contribution < -0.4 is 5.32 Å². The summed E-state index contributed by atoms with van der Waals surface area (Å²) >= 11 is 5.91. The molecular weight excluding hydrogens is 292 g/mol. The quantitative estimate of drug-likeness (QED) is 0.625. The van der Waals surface area contributed by atoms with Crippen molar-refractivity contribution in [2.24, 2.45) is 11.8 Å². The van der Waals surface area contributed by atoms with Gasteiger partial charge in [-0.1, -0.05) is 24.4 Å². The maximum atomic E-state index is 11.0. The predicted molar refractivity (Wildman–Crippen MR) is 82.3 cm³/mol. The SMILES string of the molecule is O=[N+]([O-])c1ccc(Cl)cc1CNCC1CCCCC1CO. The molecule has 2 atom stereocenters. The summed E-state index contributed by atoms with van der Waals surface area (Å²) in [6.07, 6.45) is 4.55. The fraction of sp³-hybridized carbons (Fsp3) is 0.600. The standard InChI is InChI=1S/C15H21ClN2O3/c16-14-5-6-15(18(20)21)13(7-14)9-17-8-11-3-1-2-4-12(11)10-19/h5-7,11-12,17,19H,1-4,8-10H2. The minimum Gasteiger partial charge on any atom is -0.396 e. The van der Waals surface area contributed by atoms with Gasteiger partial charge in [0.15, 0.2) is 0 Å². The second kappa shape index (κ2) is 7.73. The molecule has 0 spiro atoms. The lowest BCUT2D eigenvalue weighted by Crippen LogP contribution is -2.32. The summed E-state index contributed by atoms with van der Waals surface area (Å²) in [4.78, 5) is 10.6. The summed E-state index contributed by atoms with van der Waals surface area (Å²) in [5.41, 5.74) is 0.693. The van der Waals surface area contributed by atoms with E-state index in [9.17, 15) is 15.2 Å². The molecule has 2 unspecified atom stereocenters. The molecule has 21 heavy (non-hydrogen) atoms. The van der Waals surface area contributed by atoms with E-state index in [0.29, 0.717) is 29.0 Å². The average molecular weight is 313 g/mol. The van der Waals surface area contributed by atoms with Crippen molar-refractivity contribution in [2.45, 2.75) is 32.2 Å². The maximum absolute atomic E-state index is 11.0. The highest BCUT2D eigenvalue weighted by atomic mass is 35.5. The van der Waals surface area contributed by atoms with Crippen LogP contribution in [0.15, 0.2) is 18.2 Å². The molecule has 1 saturated carbocycles. The Labute approximate surface area is 129 Å². The molecule has 0 radical (unpaired) electrons. The molecule has 1 aromatic rings. The smallest absolute Gasteiger partial charge is 0.273 e. The molecule has 1 fully saturated rings. The van der Waals surface area contributed by atoms with Gasteiger partial charge in [0.1, 0.15) is 0 Å². The fourth-order valence-electron chi connectivity index (χ4n) is 3.06. The van der Waals surface area contributed by atoms with E-state index in [2.05, 4.69) is 5.32 Å². The zero-order chi connectivity index (χ0) is 15.2. The van der Waals surface area contributed by atoms with Gasteiger partial charge < -0.3 is 10.4 Å². The van der Waals surface area contributed by atoms with Crippen LogP contribution in [0.3, 0.4) is 0 Å². The third-order valence-electron chi connectivity index (χ3n) is 4.26. The van der Waals surface area contributed by atoms with Gasteiger partial charge in [-0.05, 0) is 43.4 Å². The topological polar surface area (TPSA) is 75.4 Å². The zero-order valence-electron chi connectivity index (χ0n) is 11.9. The summed E-state index contributed by atoms with van der Waals surface area (Å²) < 4.78 is 0. The Morgan fingerprint density at radius 1 is 1.33 bits per heavy atom. The Bertz CT molecular complexity index is 496. The number of hydrogen-bond acceptors (Lipinski definition) is 4. The average Bonchev–Trinajstić information content (AvgIpc) is 2.47. The molecule has 0 bridgehead atoms. The van der Waals surface area contributed by atoms with Crippen molar-refractivity contribution in [1.29, 1.82) is 0 Å². The Morgan fingerprint density at radius 3 is 2.71 bits per heavy atom. The van der Waals surface area contributed by atoms with Crippen LogP contribution in [0.2, 0.25) is 5.02 Å². The summed E-state index contributed by atoms with van der Waals surface area (Å²) in [5.74, 6) is 0.794. The van der Waals surface area contributed by atoms with Gasteiger partial charge in [0.05, 0.1) is 4.92 Å². The van der Waals surface area contributed by atoms with E-state index >= 15 is 0 Å². The summed E-state index contributed by atoms with van der Waals surface area (Å²) in [6, 6.07) is 4.61. The number of aliphatic hydroxyl groups excluding tert-OH is 1. The maximum Gasteiger partial charge on any atom is 0.273 e. The summed E-state index contributed by atoms with van der Waals surface area (Å²) in [7, 11) is 0. The van der Waals surface area contributed by atoms with Crippen LogP contribution in [0, 0.1) is 22.0 Å². The van der Waals surface area contributed by atoms with Crippen LogP contribution >= 0.6 is 11.6 Å². The van der Waals surface area contributed by atoms with Crippen LogP contribution in [-0.4, -0.2) is 23.2 Å². The monoisotopic (exact) mass is 312 g/mol. The molecule has 0 saturated heterocycles. The van der Waals surface area contributed by atoms with Crippen molar-refractivity contribution in [1.82, 2.24) is 5.32 Å². The second-order valence-corrected chi connectivity index (χ2v) is 6.08. The number of nitro benzene ring substituents is 1. The van der Waals surface area contributed by atoms with E-state index in [-0.39, 0.29) is 17.2 Å². The number of nitrogens with one attached hydrogen (secondary N) is 1. The molecule has 5 nitrogen and oxygen atoms in total. The predicted octanol–water partition coefficient (Wildman–Crippen LogP) is 3.14. The lowest BCUT2D eigenvalue weighted by atomic mass is 9.79. The number of rotatable bonds is 6. The van der Waals surface area contributed by atoms with Gasteiger partial charge >= 0.3 is 0 Å². The minimum atomic E-state index is -0.384. The third kappa shape index (κ3) is 4.40. The molecule has 2 rings (SSSR count).